The van der Waals surface area contributed by atoms with Gasteiger partial charge in [-0.2, -0.15) is 0 Å². The molecule has 3 aromatic carbocycles. The SMILES string of the molecule is Cc1n([C@H]2CC[C@@H](C(C(N)=O)(c3ccccc3)c3ccccc3)C2)cc[n+]1CCc1ccccc1. The highest BCUT2D eigenvalue weighted by Gasteiger charge is 2.51. The van der Waals surface area contributed by atoms with Crippen molar-refractivity contribution in [3.63, 3.8) is 0 Å². The maximum Gasteiger partial charge on any atom is 0.253 e. The van der Waals surface area contributed by atoms with E-state index in [9.17, 15) is 4.79 Å². The normalized spacial score (nSPS) is 18.0. The van der Waals surface area contributed by atoms with Crippen molar-refractivity contribution in [2.24, 2.45) is 11.7 Å². The van der Waals surface area contributed by atoms with Crippen molar-refractivity contribution in [1.82, 2.24) is 4.57 Å². The first kappa shape index (κ1) is 23.1. The van der Waals surface area contributed by atoms with E-state index in [0.29, 0.717) is 6.04 Å². The van der Waals surface area contributed by atoms with Crippen LogP contribution in [0.25, 0.3) is 0 Å². The van der Waals surface area contributed by atoms with Crippen molar-refractivity contribution in [2.75, 3.05) is 0 Å². The number of hydrogen-bond donors (Lipinski definition) is 1. The highest BCUT2D eigenvalue weighted by atomic mass is 16.1. The fourth-order valence-electron chi connectivity index (χ4n) is 6.16. The molecule has 2 N–H and O–H groups in total. The average Bonchev–Trinajstić information content (AvgIpc) is 3.52. The molecule has 4 nitrogen and oxygen atoms in total. The maximum absolute atomic E-state index is 13.4. The fourth-order valence-corrected chi connectivity index (χ4v) is 6.16. The summed E-state index contributed by atoms with van der Waals surface area (Å²) >= 11 is 0. The van der Waals surface area contributed by atoms with Crippen LogP contribution in [-0.2, 0) is 23.2 Å². The summed E-state index contributed by atoms with van der Waals surface area (Å²) in [4.78, 5) is 13.4. The van der Waals surface area contributed by atoms with E-state index in [1.165, 1.54) is 11.4 Å². The van der Waals surface area contributed by atoms with Crippen molar-refractivity contribution in [3.8, 4) is 0 Å². The summed E-state index contributed by atoms with van der Waals surface area (Å²) in [6.07, 6.45) is 8.33. The first-order chi connectivity index (χ1) is 17.1. The van der Waals surface area contributed by atoms with Gasteiger partial charge in [-0.15, -0.1) is 0 Å². The maximum atomic E-state index is 13.4. The number of rotatable bonds is 8. The third-order valence-corrected chi connectivity index (χ3v) is 7.94. The fraction of sp³-hybridized carbons (Fsp3) is 0.290. The molecule has 178 valence electrons. The van der Waals surface area contributed by atoms with Crippen LogP contribution in [0.5, 0.6) is 0 Å². The van der Waals surface area contributed by atoms with Gasteiger partial charge in [0.15, 0.2) is 0 Å². The minimum atomic E-state index is -0.832. The Morgan fingerprint density at radius 2 is 1.49 bits per heavy atom. The molecule has 1 saturated carbocycles. The van der Waals surface area contributed by atoms with Gasteiger partial charge in [0.25, 0.3) is 5.82 Å². The molecular formula is C31H34N3O+. The van der Waals surface area contributed by atoms with Crippen LogP contribution >= 0.6 is 0 Å². The molecule has 5 rings (SSSR count). The van der Waals surface area contributed by atoms with Crippen molar-refractivity contribution in [3.05, 3.63) is 126 Å². The molecule has 0 aliphatic heterocycles. The van der Waals surface area contributed by atoms with Crippen LogP contribution in [0, 0.1) is 12.8 Å². The molecule has 4 aromatic rings. The second kappa shape index (κ2) is 9.91. The number of hydrogen-bond acceptors (Lipinski definition) is 1. The van der Waals surface area contributed by atoms with E-state index in [0.717, 1.165) is 43.4 Å². The second-order valence-corrected chi connectivity index (χ2v) is 9.75. The van der Waals surface area contributed by atoms with Gasteiger partial charge in [0.1, 0.15) is 23.9 Å². The monoisotopic (exact) mass is 464 g/mol. The summed E-state index contributed by atoms with van der Waals surface area (Å²) in [6, 6.07) is 31.2. The average molecular weight is 465 g/mol. The van der Waals surface area contributed by atoms with Crippen LogP contribution in [0.15, 0.2) is 103 Å². The lowest BCUT2D eigenvalue weighted by atomic mass is 9.64. The molecule has 0 saturated heterocycles. The summed E-state index contributed by atoms with van der Waals surface area (Å²) < 4.78 is 4.75. The number of amides is 1. The Kier molecular flexibility index (Phi) is 6.54. The first-order valence-electron chi connectivity index (χ1n) is 12.6. The van der Waals surface area contributed by atoms with E-state index in [4.69, 9.17) is 5.73 Å². The molecule has 1 aliphatic carbocycles. The Hall–Kier alpha value is -3.66. The number of aryl methyl sites for hydroxylation is 2. The number of aromatic nitrogens is 2. The van der Waals surface area contributed by atoms with Gasteiger partial charge in [0.05, 0.1) is 6.54 Å². The van der Waals surface area contributed by atoms with Gasteiger partial charge in [-0.25, -0.2) is 9.13 Å². The summed E-state index contributed by atoms with van der Waals surface area (Å²) in [5.41, 5.74) is 8.78. The highest BCUT2D eigenvalue weighted by Crippen LogP contribution is 2.49. The van der Waals surface area contributed by atoms with Crippen LogP contribution in [-0.4, -0.2) is 10.5 Å². The topological polar surface area (TPSA) is 51.9 Å². The summed E-state index contributed by atoms with van der Waals surface area (Å²) in [7, 11) is 0. The predicted molar refractivity (Wildman–Crippen MR) is 139 cm³/mol. The molecule has 1 heterocycles. The lowest BCUT2D eigenvalue weighted by Crippen LogP contribution is -2.47. The standard InChI is InChI=1S/C31H33N3O/c1-24-33(20-19-25-11-5-2-6-12-25)21-22-34(24)29-18-17-28(23-29)31(30(32)35,26-13-7-3-8-14-26)27-15-9-4-10-16-27/h2-16,21-22,28-29H,17-20,23H2,1H3,(H-,32,35)/p+1/t28-,29+/m1/s1. The molecule has 1 aliphatic rings. The molecule has 1 aromatic heterocycles. The van der Waals surface area contributed by atoms with E-state index in [1.54, 1.807) is 0 Å². The van der Waals surface area contributed by atoms with Crippen molar-refractivity contribution in [2.45, 2.75) is 50.6 Å². The Labute approximate surface area is 208 Å². The summed E-state index contributed by atoms with van der Waals surface area (Å²) in [6.45, 7) is 3.16. The minimum Gasteiger partial charge on any atom is -0.369 e. The number of benzene rings is 3. The van der Waals surface area contributed by atoms with Gasteiger partial charge in [-0.3, -0.25) is 4.79 Å². The van der Waals surface area contributed by atoms with Crippen LogP contribution in [0.3, 0.4) is 0 Å². The molecule has 0 bridgehead atoms. The highest BCUT2D eigenvalue weighted by molar-refractivity contribution is 5.91. The summed E-state index contributed by atoms with van der Waals surface area (Å²) in [5.74, 6) is 1.13. The molecular weight excluding hydrogens is 430 g/mol. The molecule has 4 heteroatoms. The van der Waals surface area contributed by atoms with Gasteiger partial charge in [0.2, 0.25) is 5.91 Å². The molecule has 0 unspecified atom stereocenters. The molecule has 1 amide bonds. The number of nitrogens with two attached hydrogens (primary N) is 1. The minimum absolute atomic E-state index is 0.134. The van der Waals surface area contributed by atoms with Crippen molar-refractivity contribution in [1.29, 1.82) is 0 Å². The molecule has 0 spiro atoms. The third kappa shape index (κ3) is 4.29. The van der Waals surface area contributed by atoms with Gasteiger partial charge in [-0.1, -0.05) is 91.0 Å². The number of primary amides is 1. The molecule has 35 heavy (non-hydrogen) atoms. The quantitative estimate of drug-likeness (QED) is 0.361. The van der Waals surface area contributed by atoms with E-state index in [-0.39, 0.29) is 11.8 Å². The zero-order chi connectivity index (χ0) is 24.3. The first-order valence-corrected chi connectivity index (χ1v) is 12.6. The number of carbonyl (C=O) groups excluding carboxylic acids is 1. The van der Waals surface area contributed by atoms with Gasteiger partial charge < -0.3 is 5.73 Å². The lowest BCUT2D eigenvalue weighted by Gasteiger charge is -2.37. The number of carbonyl (C=O) groups is 1. The van der Waals surface area contributed by atoms with E-state index in [2.05, 4.69) is 83.0 Å². The Morgan fingerprint density at radius 1 is 0.914 bits per heavy atom. The predicted octanol–water partition coefficient (Wildman–Crippen LogP) is 5.14. The molecule has 0 radical (unpaired) electrons. The van der Waals surface area contributed by atoms with E-state index in [1.807, 2.05) is 36.4 Å². The van der Waals surface area contributed by atoms with Gasteiger partial charge in [0, 0.05) is 13.3 Å². The number of imidazole rings is 1. The third-order valence-electron chi connectivity index (χ3n) is 7.94. The van der Waals surface area contributed by atoms with Crippen LogP contribution in [0.2, 0.25) is 0 Å². The molecule has 1 fully saturated rings. The number of nitrogens with zero attached hydrogens (tertiary/aromatic N) is 2. The smallest absolute Gasteiger partial charge is 0.253 e. The lowest BCUT2D eigenvalue weighted by molar-refractivity contribution is -0.702. The van der Waals surface area contributed by atoms with E-state index >= 15 is 0 Å². The Bertz CT molecular complexity index is 1230. The molecule has 2 atom stereocenters. The Morgan fingerprint density at radius 3 is 2.06 bits per heavy atom. The second-order valence-electron chi connectivity index (χ2n) is 9.75. The zero-order valence-electron chi connectivity index (χ0n) is 20.4. The van der Waals surface area contributed by atoms with Crippen molar-refractivity contribution < 1.29 is 9.36 Å². The van der Waals surface area contributed by atoms with Gasteiger partial charge in [-0.05, 0) is 41.9 Å². The van der Waals surface area contributed by atoms with Gasteiger partial charge >= 0.3 is 0 Å². The largest absolute Gasteiger partial charge is 0.369 e. The van der Waals surface area contributed by atoms with Crippen LogP contribution in [0.1, 0.15) is 47.8 Å². The van der Waals surface area contributed by atoms with Crippen LogP contribution in [0.4, 0.5) is 0 Å². The summed E-state index contributed by atoms with van der Waals surface area (Å²) in [5, 5.41) is 0. The van der Waals surface area contributed by atoms with Crippen molar-refractivity contribution >= 4 is 5.91 Å². The Balaban J connectivity index is 1.43. The van der Waals surface area contributed by atoms with Crippen LogP contribution < -0.4 is 10.3 Å². The zero-order valence-corrected chi connectivity index (χ0v) is 20.4. The van der Waals surface area contributed by atoms with E-state index < -0.39 is 5.41 Å².